The fourth-order valence-electron chi connectivity index (χ4n) is 1.89. The van der Waals surface area contributed by atoms with Crippen LogP contribution in [0.5, 0.6) is 5.88 Å². The quantitative estimate of drug-likeness (QED) is 0.935. The van der Waals surface area contributed by atoms with Crippen LogP contribution in [0.15, 0.2) is 24.3 Å². The van der Waals surface area contributed by atoms with E-state index in [0.717, 1.165) is 5.69 Å². The van der Waals surface area contributed by atoms with Gasteiger partial charge in [-0.3, -0.25) is 5.32 Å². The number of nitrogens with one attached hydrogen (secondary N) is 1. The number of amides is 1. The van der Waals surface area contributed by atoms with Crippen molar-refractivity contribution in [3.05, 3.63) is 30.0 Å². The number of ether oxygens (including phenoxy) is 2. The molecule has 2 rings (SSSR count). The molecule has 0 saturated carbocycles. The minimum atomic E-state index is -0.576. The second-order valence-electron chi connectivity index (χ2n) is 5.98. The Balaban J connectivity index is 2.26. The van der Waals surface area contributed by atoms with E-state index in [-0.39, 0.29) is 0 Å². The standard InChI is InChI=1S/C16H22N4O3/c1-6-22-14-10-12(18-15(21)23-16(3,4)5)19-20(14)13-9-7-8-11(2)17-13/h7-10H,6H2,1-5H3,(H,18,19,21). The van der Waals surface area contributed by atoms with Gasteiger partial charge < -0.3 is 9.47 Å². The van der Waals surface area contributed by atoms with E-state index in [0.29, 0.717) is 24.1 Å². The average molecular weight is 318 g/mol. The average Bonchev–Trinajstić information content (AvgIpc) is 2.79. The van der Waals surface area contributed by atoms with Crippen molar-refractivity contribution in [2.45, 2.75) is 40.2 Å². The van der Waals surface area contributed by atoms with Crippen molar-refractivity contribution >= 4 is 11.9 Å². The number of aromatic nitrogens is 3. The summed E-state index contributed by atoms with van der Waals surface area (Å²) in [5, 5.41) is 6.93. The van der Waals surface area contributed by atoms with Crippen molar-refractivity contribution in [1.29, 1.82) is 0 Å². The minimum Gasteiger partial charge on any atom is -0.478 e. The van der Waals surface area contributed by atoms with Crippen molar-refractivity contribution in [3.8, 4) is 11.7 Å². The summed E-state index contributed by atoms with van der Waals surface area (Å²) in [4.78, 5) is 16.3. The molecule has 1 N–H and O–H groups in total. The lowest BCUT2D eigenvalue weighted by Gasteiger charge is -2.18. The molecule has 0 aliphatic heterocycles. The van der Waals surface area contributed by atoms with E-state index < -0.39 is 11.7 Å². The van der Waals surface area contributed by atoms with Gasteiger partial charge in [0, 0.05) is 11.8 Å². The van der Waals surface area contributed by atoms with E-state index >= 15 is 0 Å². The molecule has 0 saturated heterocycles. The summed E-state index contributed by atoms with van der Waals surface area (Å²) in [5.74, 6) is 1.45. The summed E-state index contributed by atoms with van der Waals surface area (Å²) < 4.78 is 12.3. The van der Waals surface area contributed by atoms with Crippen molar-refractivity contribution in [3.63, 3.8) is 0 Å². The zero-order valence-corrected chi connectivity index (χ0v) is 14.1. The molecule has 0 bridgehead atoms. The number of pyridine rings is 1. The molecule has 7 heteroatoms. The number of hydrogen-bond acceptors (Lipinski definition) is 5. The summed E-state index contributed by atoms with van der Waals surface area (Å²) in [6, 6.07) is 7.24. The van der Waals surface area contributed by atoms with Crippen LogP contribution in [0.1, 0.15) is 33.4 Å². The minimum absolute atomic E-state index is 0.339. The molecule has 124 valence electrons. The van der Waals surface area contributed by atoms with Gasteiger partial charge >= 0.3 is 6.09 Å². The smallest absolute Gasteiger partial charge is 0.413 e. The predicted octanol–water partition coefficient (Wildman–Crippen LogP) is 3.32. The number of carbonyl (C=O) groups is 1. The van der Waals surface area contributed by atoms with Crippen LogP contribution in [0.2, 0.25) is 0 Å². The molecule has 0 aromatic carbocycles. The number of rotatable bonds is 4. The first-order valence-electron chi connectivity index (χ1n) is 7.45. The number of nitrogens with zero attached hydrogens (tertiary/aromatic N) is 3. The van der Waals surface area contributed by atoms with Crippen molar-refractivity contribution in [2.75, 3.05) is 11.9 Å². The van der Waals surface area contributed by atoms with Crippen molar-refractivity contribution in [1.82, 2.24) is 14.8 Å². The lowest BCUT2D eigenvalue weighted by Crippen LogP contribution is -2.27. The molecule has 2 aromatic heterocycles. The Hall–Kier alpha value is -2.57. The van der Waals surface area contributed by atoms with Crippen LogP contribution in [0, 0.1) is 6.92 Å². The van der Waals surface area contributed by atoms with Gasteiger partial charge in [0.05, 0.1) is 6.61 Å². The molecule has 0 aliphatic rings. The van der Waals surface area contributed by atoms with Crippen LogP contribution in [-0.4, -0.2) is 33.1 Å². The third kappa shape index (κ3) is 4.70. The summed E-state index contributed by atoms with van der Waals surface area (Å²) in [6.07, 6.45) is -0.567. The van der Waals surface area contributed by atoms with Gasteiger partial charge in [-0.15, -0.1) is 5.10 Å². The lowest BCUT2D eigenvalue weighted by atomic mass is 10.2. The lowest BCUT2D eigenvalue weighted by molar-refractivity contribution is 0.0635. The molecule has 0 fully saturated rings. The van der Waals surface area contributed by atoms with E-state index in [4.69, 9.17) is 9.47 Å². The summed E-state index contributed by atoms with van der Waals surface area (Å²) in [6.45, 7) is 9.65. The zero-order valence-electron chi connectivity index (χ0n) is 14.1. The molecule has 1 amide bonds. The first-order valence-corrected chi connectivity index (χ1v) is 7.45. The highest BCUT2D eigenvalue weighted by Gasteiger charge is 2.19. The normalized spacial score (nSPS) is 11.2. The predicted molar refractivity (Wildman–Crippen MR) is 87.1 cm³/mol. The molecule has 0 unspecified atom stereocenters. The molecule has 7 nitrogen and oxygen atoms in total. The second kappa shape index (κ2) is 6.68. The molecule has 0 radical (unpaired) electrons. The number of aryl methyl sites for hydroxylation is 1. The highest BCUT2D eigenvalue weighted by Crippen LogP contribution is 2.22. The van der Waals surface area contributed by atoms with Gasteiger partial charge in [-0.2, -0.15) is 4.68 Å². The second-order valence-corrected chi connectivity index (χ2v) is 5.98. The van der Waals surface area contributed by atoms with Gasteiger partial charge in [0.1, 0.15) is 5.60 Å². The van der Waals surface area contributed by atoms with Gasteiger partial charge in [-0.05, 0) is 46.8 Å². The third-order valence-electron chi connectivity index (χ3n) is 2.69. The van der Waals surface area contributed by atoms with Gasteiger partial charge in [-0.25, -0.2) is 9.78 Å². The molecule has 0 atom stereocenters. The SMILES string of the molecule is CCOc1cc(NC(=O)OC(C)(C)C)nn1-c1cccc(C)n1. The fourth-order valence-corrected chi connectivity index (χ4v) is 1.89. The summed E-state index contributed by atoms with van der Waals surface area (Å²) in [5.41, 5.74) is 0.287. The maximum absolute atomic E-state index is 11.9. The molecular weight excluding hydrogens is 296 g/mol. The van der Waals surface area contributed by atoms with Crippen LogP contribution >= 0.6 is 0 Å². The topological polar surface area (TPSA) is 78.3 Å². The van der Waals surface area contributed by atoms with E-state index in [1.165, 1.54) is 0 Å². The maximum Gasteiger partial charge on any atom is 0.413 e. The molecule has 0 spiro atoms. The van der Waals surface area contributed by atoms with E-state index in [1.54, 1.807) is 31.5 Å². The summed E-state index contributed by atoms with van der Waals surface area (Å²) in [7, 11) is 0. The van der Waals surface area contributed by atoms with Crippen molar-refractivity contribution < 1.29 is 14.3 Å². The largest absolute Gasteiger partial charge is 0.478 e. The van der Waals surface area contributed by atoms with Crippen LogP contribution in [0.4, 0.5) is 10.6 Å². The van der Waals surface area contributed by atoms with E-state index in [2.05, 4.69) is 15.4 Å². The number of hydrogen-bond donors (Lipinski definition) is 1. The van der Waals surface area contributed by atoms with Crippen LogP contribution < -0.4 is 10.1 Å². The molecule has 2 heterocycles. The Morgan fingerprint density at radius 2 is 2.09 bits per heavy atom. The molecular formula is C16H22N4O3. The highest BCUT2D eigenvalue weighted by molar-refractivity contribution is 5.83. The Morgan fingerprint density at radius 3 is 2.70 bits per heavy atom. The van der Waals surface area contributed by atoms with E-state index in [9.17, 15) is 4.79 Å². The Labute approximate surface area is 135 Å². The Bertz CT molecular complexity index is 689. The van der Waals surface area contributed by atoms with Gasteiger partial charge in [0.2, 0.25) is 5.88 Å². The van der Waals surface area contributed by atoms with Crippen LogP contribution in [0.3, 0.4) is 0 Å². The highest BCUT2D eigenvalue weighted by atomic mass is 16.6. The monoisotopic (exact) mass is 318 g/mol. The number of carbonyl (C=O) groups excluding carboxylic acids is 1. The Morgan fingerprint density at radius 1 is 1.35 bits per heavy atom. The first kappa shape index (κ1) is 16.8. The van der Waals surface area contributed by atoms with Gasteiger partial charge in [0.15, 0.2) is 11.6 Å². The fraction of sp³-hybridized carbons (Fsp3) is 0.438. The third-order valence-corrected chi connectivity index (χ3v) is 2.69. The van der Waals surface area contributed by atoms with Gasteiger partial charge in [-0.1, -0.05) is 6.07 Å². The molecule has 23 heavy (non-hydrogen) atoms. The first-order chi connectivity index (χ1) is 10.8. The molecule has 0 aliphatic carbocycles. The maximum atomic E-state index is 11.9. The van der Waals surface area contributed by atoms with Crippen LogP contribution in [0.25, 0.3) is 5.82 Å². The molecule has 2 aromatic rings. The Kier molecular flexibility index (Phi) is 4.88. The van der Waals surface area contributed by atoms with Crippen molar-refractivity contribution in [2.24, 2.45) is 0 Å². The zero-order chi connectivity index (χ0) is 17.0. The van der Waals surface area contributed by atoms with Gasteiger partial charge in [0.25, 0.3) is 0 Å². The van der Waals surface area contributed by atoms with E-state index in [1.807, 2.05) is 32.0 Å². The summed E-state index contributed by atoms with van der Waals surface area (Å²) >= 11 is 0. The number of anilines is 1. The van der Waals surface area contributed by atoms with Crippen LogP contribution in [-0.2, 0) is 4.74 Å².